The van der Waals surface area contributed by atoms with Gasteiger partial charge in [-0.2, -0.15) is 0 Å². The number of carbonyl (C=O) groups excluding carboxylic acids is 2. The van der Waals surface area contributed by atoms with Gasteiger partial charge in [-0.1, -0.05) is 78.9 Å². The van der Waals surface area contributed by atoms with Gasteiger partial charge in [0.05, 0.1) is 12.7 Å². The highest BCUT2D eigenvalue weighted by Gasteiger charge is 2.38. The quantitative estimate of drug-likeness (QED) is 0.360. The zero-order valence-corrected chi connectivity index (χ0v) is 22.5. The summed E-state index contributed by atoms with van der Waals surface area (Å²) >= 11 is 0. The summed E-state index contributed by atoms with van der Waals surface area (Å²) in [6.45, 7) is 3.11. The van der Waals surface area contributed by atoms with E-state index in [0.29, 0.717) is 26.1 Å². The van der Waals surface area contributed by atoms with Gasteiger partial charge >= 0.3 is 12.1 Å². The molecule has 2 aliphatic rings. The van der Waals surface area contributed by atoms with Crippen molar-refractivity contribution in [1.82, 2.24) is 10.2 Å². The molecule has 2 atom stereocenters. The highest BCUT2D eigenvalue weighted by atomic mass is 16.5. The van der Waals surface area contributed by atoms with Gasteiger partial charge in [-0.3, -0.25) is 9.59 Å². The summed E-state index contributed by atoms with van der Waals surface area (Å²) in [6, 6.07) is 24.9. The Labute approximate surface area is 233 Å². The van der Waals surface area contributed by atoms with Crippen LogP contribution in [0.4, 0.5) is 4.79 Å². The fourth-order valence-electron chi connectivity index (χ4n) is 5.50. The van der Waals surface area contributed by atoms with Crippen LogP contribution in [0.15, 0.2) is 78.9 Å². The third-order valence-electron chi connectivity index (χ3n) is 7.74. The summed E-state index contributed by atoms with van der Waals surface area (Å²) in [5.74, 6) is -1.07. The second-order valence-electron chi connectivity index (χ2n) is 10.5. The van der Waals surface area contributed by atoms with Crippen molar-refractivity contribution in [3.8, 4) is 11.1 Å². The van der Waals surface area contributed by atoms with Crippen LogP contribution in [0.3, 0.4) is 0 Å². The summed E-state index contributed by atoms with van der Waals surface area (Å²) < 4.78 is 11.7. The first-order valence-corrected chi connectivity index (χ1v) is 13.7. The fraction of sp³-hybridized carbons (Fsp3) is 0.344. The number of aliphatic carboxylic acids is 1. The van der Waals surface area contributed by atoms with E-state index >= 15 is 0 Å². The molecule has 0 radical (unpaired) electrons. The molecule has 1 heterocycles. The molecule has 1 saturated heterocycles. The minimum atomic E-state index is -0.945. The van der Waals surface area contributed by atoms with E-state index in [0.717, 1.165) is 27.8 Å². The minimum absolute atomic E-state index is 0.0741. The average molecular weight is 543 g/mol. The number of likely N-dealkylation sites (tertiary alicyclic amines) is 1. The molecule has 2 N–H and O–H groups in total. The van der Waals surface area contributed by atoms with Crippen molar-refractivity contribution >= 4 is 18.0 Å². The molecular formula is C32H34N2O6. The molecule has 0 aromatic heterocycles. The Hall–Kier alpha value is -4.17. The maximum absolute atomic E-state index is 13.4. The number of benzene rings is 3. The van der Waals surface area contributed by atoms with Crippen LogP contribution in [-0.2, 0) is 25.7 Å². The summed E-state index contributed by atoms with van der Waals surface area (Å²) in [5, 5.41) is 11.7. The van der Waals surface area contributed by atoms with Crippen LogP contribution in [0.1, 0.15) is 42.4 Å². The number of alkyl carbamates (subject to hydrolysis) is 1. The van der Waals surface area contributed by atoms with E-state index in [1.165, 1.54) is 0 Å². The molecule has 2 unspecified atom stereocenters. The summed E-state index contributed by atoms with van der Waals surface area (Å²) in [4.78, 5) is 39.1. The van der Waals surface area contributed by atoms with E-state index in [-0.39, 0.29) is 30.8 Å². The van der Waals surface area contributed by atoms with Crippen molar-refractivity contribution < 1.29 is 29.0 Å². The highest BCUT2D eigenvalue weighted by Crippen LogP contribution is 2.44. The van der Waals surface area contributed by atoms with E-state index in [9.17, 15) is 14.4 Å². The summed E-state index contributed by atoms with van der Waals surface area (Å²) in [6.07, 6.45) is -0.710. The molecule has 40 heavy (non-hydrogen) atoms. The van der Waals surface area contributed by atoms with Gasteiger partial charge in [0, 0.05) is 25.4 Å². The van der Waals surface area contributed by atoms with Crippen molar-refractivity contribution in [2.24, 2.45) is 5.92 Å². The normalized spacial score (nSPS) is 15.9. The molecule has 1 fully saturated rings. The number of carboxylic acids is 1. The van der Waals surface area contributed by atoms with Crippen LogP contribution in [0, 0.1) is 5.92 Å². The van der Waals surface area contributed by atoms with Crippen LogP contribution >= 0.6 is 0 Å². The third kappa shape index (κ3) is 6.18. The molecule has 0 spiro atoms. The monoisotopic (exact) mass is 542 g/mol. The molecular weight excluding hydrogens is 508 g/mol. The van der Waals surface area contributed by atoms with Crippen LogP contribution < -0.4 is 5.32 Å². The van der Waals surface area contributed by atoms with E-state index < -0.39 is 24.2 Å². The van der Waals surface area contributed by atoms with E-state index in [2.05, 4.69) is 29.6 Å². The number of rotatable bonds is 11. The maximum Gasteiger partial charge on any atom is 0.407 e. The first-order valence-electron chi connectivity index (χ1n) is 13.7. The van der Waals surface area contributed by atoms with Crippen LogP contribution in [0.5, 0.6) is 0 Å². The lowest BCUT2D eigenvalue weighted by Crippen LogP contribution is -2.60. The molecule has 208 valence electrons. The molecule has 5 rings (SSSR count). The molecule has 2 amide bonds. The number of carboxylic acid groups (broad SMARTS) is 1. The Morgan fingerprint density at radius 2 is 1.52 bits per heavy atom. The SMILES string of the molecule is CC(OCc1ccccc1)C(NC(=O)OCC1c2ccccc2-c2ccccc21)C(=O)N1CC(CCC(=O)O)C1. The maximum atomic E-state index is 13.4. The molecule has 1 aliphatic heterocycles. The van der Waals surface area contributed by atoms with E-state index in [1.54, 1.807) is 11.8 Å². The van der Waals surface area contributed by atoms with Gasteiger partial charge in [0.1, 0.15) is 12.6 Å². The number of hydrogen-bond donors (Lipinski definition) is 2. The predicted octanol–water partition coefficient (Wildman–Crippen LogP) is 4.82. The van der Waals surface area contributed by atoms with Crippen molar-refractivity contribution in [3.05, 3.63) is 95.6 Å². The van der Waals surface area contributed by atoms with E-state index in [4.69, 9.17) is 14.6 Å². The molecule has 3 aromatic rings. The number of carbonyl (C=O) groups is 3. The first kappa shape index (κ1) is 27.4. The van der Waals surface area contributed by atoms with Gasteiger partial charge in [-0.25, -0.2) is 4.79 Å². The standard InChI is InChI=1S/C32H34N2O6/c1-21(39-19-22-9-3-2-4-10-22)30(31(37)34-17-23(18-34)15-16-29(35)36)33-32(38)40-20-28-26-13-7-5-11-24(26)25-12-6-8-14-27(25)28/h2-14,21,23,28,30H,15-20H2,1H3,(H,33,38)(H,35,36). The van der Waals surface area contributed by atoms with Crippen LogP contribution in [0.2, 0.25) is 0 Å². The molecule has 0 bridgehead atoms. The van der Waals surface area contributed by atoms with Gasteiger partial charge in [0.15, 0.2) is 0 Å². The Kier molecular flexibility index (Phi) is 8.45. The smallest absolute Gasteiger partial charge is 0.407 e. The lowest BCUT2D eigenvalue weighted by molar-refractivity contribution is -0.144. The third-order valence-corrected chi connectivity index (χ3v) is 7.74. The van der Waals surface area contributed by atoms with Gasteiger partial charge in [0.2, 0.25) is 5.91 Å². The van der Waals surface area contributed by atoms with Crippen molar-refractivity contribution in [1.29, 1.82) is 0 Å². The lowest BCUT2D eigenvalue weighted by atomic mass is 9.93. The molecule has 0 saturated carbocycles. The number of ether oxygens (including phenoxy) is 2. The molecule has 1 aliphatic carbocycles. The summed E-state index contributed by atoms with van der Waals surface area (Å²) in [7, 11) is 0. The van der Waals surface area contributed by atoms with E-state index in [1.807, 2.05) is 54.6 Å². The van der Waals surface area contributed by atoms with Crippen molar-refractivity contribution in [3.63, 3.8) is 0 Å². The Balaban J connectivity index is 1.23. The van der Waals surface area contributed by atoms with Crippen molar-refractivity contribution in [2.45, 2.75) is 44.4 Å². The number of amides is 2. The number of hydrogen-bond acceptors (Lipinski definition) is 5. The second-order valence-corrected chi connectivity index (χ2v) is 10.5. The fourth-order valence-corrected chi connectivity index (χ4v) is 5.50. The zero-order valence-electron chi connectivity index (χ0n) is 22.5. The Morgan fingerprint density at radius 1 is 0.925 bits per heavy atom. The minimum Gasteiger partial charge on any atom is -0.481 e. The lowest BCUT2D eigenvalue weighted by Gasteiger charge is -2.41. The van der Waals surface area contributed by atoms with Gasteiger partial charge in [-0.05, 0) is 47.1 Å². The first-order chi connectivity index (χ1) is 19.4. The molecule has 3 aromatic carbocycles. The molecule has 8 nitrogen and oxygen atoms in total. The second kappa shape index (κ2) is 12.3. The zero-order chi connectivity index (χ0) is 28.1. The van der Waals surface area contributed by atoms with Crippen LogP contribution in [0.25, 0.3) is 11.1 Å². The Morgan fingerprint density at radius 3 is 2.15 bits per heavy atom. The predicted molar refractivity (Wildman–Crippen MR) is 150 cm³/mol. The van der Waals surface area contributed by atoms with Gasteiger partial charge in [0.25, 0.3) is 0 Å². The largest absolute Gasteiger partial charge is 0.481 e. The van der Waals surface area contributed by atoms with Gasteiger partial charge < -0.3 is 24.8 Å². The number of fused-ring (bicyclic) bond motifs is 3. The van der Waals surface area contributed by atoms with Crippen molar-refractivity contribution in [2.75, 3.05) is 19.7 Å². The molecule has 8 heteroatoms. The average Bonchev–Trinajstić information content (AvgIpc) is 3.26. The van der Waals surface area contributed by atoms with Crippen LogP contribution in [-0.4, -0.2) is 59.8 Å². The number of nitrogens with one attached hydrogen (secondary N) is 1. The summed E-state index contributed by atoms with van der Waals surface area (Å²) in [5.41, 5.74) is 5.45. The Bertz CT molecular complexity index is 1310. The topological polar surface area (TPSA) is 105 Å². The number of nitrogens with zero attached hydrogens (tertiary/aromatic N) is 1. The van der Waals surface area contributed by atoms with Gasteiger partial charge in [-0.15, -0.1) is 0 Å². The highest BCUT2D eigenvalue weighted by molar-refractivity contribution is 5.87.